The predicted molar refractivity (Wildman–Crippen MR) is 616 cm³/mol. The molecule has 141 heavy (non-hydrogen) atoms. The van der Waals surface area contributed by atoms with E-state index in [-0.39, 0.29) is 17.8 Å². The Labute approximate surface area is 893 Å². The molecule has 0 radical (unpaired) electrons. The number of aliphatic hydroxyl groups excluding tert-OH is 9. The zero-order valence-electron chi connectivity index (χ0n) is 83.0. The van der Waals surface area contributed by atoms with E-state index in [9.17, 15) is 46.0 Å². The van der Waals surface area contributed by atoms with Crippen LogP contribution in [-0.2, 0) is 49.0 Å². The molecule has 11 aromatic rings. The van der Waals surface area contributed by atoms with E-state index in [1.807, 2.05) is 172 Å². The van der Waals surface area contributed by atoms with Crippen LogP contribution in [0.25, 0.3) is 0 Å². The Morgan fingerprint density at radius 2 is 0.383 bits per heavy atom. The van der Waals surface area contributed by atoms with E-state index in [0.29, 0.717) is 51.2 Å². The molecule has 6 atom stereocenters. The Morgan fingerprint density at radius 3 is 0.518 bits per heavy atom. The normalized spacial score (nSPS) is 13.3. The Bertz CT molecular complexity index is 5030. The van der Waals surface area contributed by atoms with Crippen LogP contribution in [0.4, 0.5) is 0 Å². The third-order valence-corrected chi connectivity index (χ3v) is 34.5. The second-order valence-electron chi connectivity index (χ2n) is 37.1. The predicted octanol–water partition coefficient (Wildman–Crippen LogP) is 25.1. The number of benzene rings is 11. The van der Waals surface area contributed by atoms with E-state index in [0.717, 1.165) is 75.3 Å². The minimum atomic E-state index is -1.63. The van der Waals surface area contributed by atoms with Crippen molar-refractivity contribution >= 4 is 169 Å². The molecule has 27 heteroatoms. The van der Waals surface area contributed by atoms with Gasteiger partial charge in [-0.25, -0.2) is 0 Å². The molecule has 0 saturated carbocycles. The van der Waals surface area contributed by atoms with E-state index in [2.05, 4.69) is 187 Å². The minimum absolute atomic E-state index is 0.143. The summed E-state index contributed by atoms with van der Waals surface area (Å²) in [4.78, 5) is 20.7. The fourth-order valence-corrected chi connectivity index (χ4v) is 24.0. The zero-order chi connectivity index (χ0) is 102. The van der Waals surface area contributed by atoms with Gasteiger partial charge in [0.15, 0.2) is 0 Å². The maximum Gasteiger partial charge on any atom is 0.116 e. The van der Waals surface area contributed by atoms with Crippen molar-refractivity contribution in [1.29, 1.82) is 0 Å². The molecular weight excluding hydrogens is 1990 g/mol. The maximum atomic E-state index is 10.9. The average molecular weight is 2120 g/mol. The number of thioether (sulfide) groups is 6. The number of aryl methyl sites for hydroxylation is 6. The summed E-state index contributed by atoms with van der Waals surface area (Å²) in [6, 6.07) is 83.7. The monoisotopic (exact) mass is 2120 g/mol. The lowest BCUT2D eigenvalue weighted by Crippen LogP contribution is -2.59. The molecule has 0 fully saturated rings. The van der Waals surface area contributed by atoms with Gasteiger partial charge in [0.1, 0.15) is 34.9 Å². The lowest BCUT2D eigenvalue weighted by atomic mass is 9.90. The number of thiocarbonyl (C=S) groups is 6. The van der Waals surface area contributed by atoms with Crippen LogP contribution in [0.1, 0.15) is 232 Å². The molecule has 750 valence electrons. The molecule has 0 heterocycles. The van der Waals surface area contributed by atoms with Crippen molar-refractivity contribution in [2.75, 3.05) is 59.5 Å². The number of nitrogens with zero attached hydrogens (tertiary/aromatic N) is 3. The first-order valence-corrected chi connectivity index (χ1v) is 55.7. The molecule has 0 aromatic heterocycles. The van der Waals surface area contributed by atoms with Crippen LogP contribution in [0.2, 0.25) is 0 Å². The SMILES string of the molecule is CC(ON(C(c1ccccc1)C(C)C)C(CO)(CO)CO)c1cc(C(C)ON(C(c2ccccc2)C(C)C)C(CO)(CO)CO)cc(C(C)ON(C(c2ccccc2)C(C)C)C(CO)(CO)CO)c1.Cc1ccc(C(=S)SCc2c(CSC(=S)c3ccc(C)cc3)c(CSC(=S)c3ccc(C)cc3)c(CSC(=S)c3ccc(C)cc3)c(CSC(=S)c3ccc(C)cc3)c2CSC(=S)c2ccc(C)cc2)cc1. The van der Waals surface area contributed by atoms with E-state index in [4.69, 9.17) is 87.8 Å². The molecule has 0 amide bonds. The lowest BCUT2D eigenvalue weighted by molar-refractivity contribution is -0.304. The van der Waals surface area contributed by atoms with Crippen molar-refractivity contribution in [3.63, 3.8) is 0 Å². The highest BCUT2D eigenvalue weighted by Gasteiger charge is 2.48. The van der Waals surface area contributed by atoms with Gasteiger partial charge in [-0.3, -0.25) is 14.5 Å². The van der Waals surface area contributed by atoms with E-state index >= 15 is 0 Å². The first-order valence-electron chi connectivity index (χ1n) is 47.4. The van der Waals surface area contributed by atoms with Crippen LogP contribution in [0.3, 0.4) is 0 Å². The van der Waals surface area contributed by atoms with Crippen molar-refractivity contribution < 1.29 is 60.5 Å². The van der Waals surface area contributed by atoms with Gasteiger partial charge in [0.25, 0.3) is 0 Å². The topological polar surface area (TPSA) is 219 Å². The Morgan fingerprint density at radius 1 is 0.234 bits per heavy atom. The Kier molecular flexibility index (Phi) is 46.7. The quantitative estimate of drug-likeness (QED) is 0.0128. The van der Waals surface area contributed by atoms with Gasteiger partial charge in [0, 0.05) is 34.5 Å². The van der Waals surface area contributed by atoms with Gasteiger partial charge < -0.3 is 46.0 Å². The largest absolute Gasteiger partial charge is 0.394 e. The third kappa shape index (κ3) is 31.1. The van der Waals surface area contributed by atoms with Gasteiger partial charge in [0.05, 0.1) is 103 Å². The van der Waals surface area contributed by atoms with Crippen molar-refractivity contribution in [3.05, 3.63) is 388 Å². The fourth-order valence-electron chi connectivity index (χ4n) is 16.5. The molecule has 0 aliphatic carbocycles. The van der Waals surface area contributed by atoms with Crippen LogP contribution in [0, 0.1) is 59.3 Å². The van der Waals surface area contributed by atoms with Crippen LogP contribution in [0.5, 0.6) is 0 Å². The van der Waals surface area contributed by atoms with Gasteiger partial charge in [0.2, 0.25) is 0 Å². The second-order valence-corrected chi connectivity index (χ2v) is 47.0. The minimum Gasteiger partial charge on any atom is -0.394 e. The molecule has 6 unspecified atom stereocenters. The van der Waals surface area contributed by atoms with E-state index < -0.39 is 113 Å². The molecule has 9 N–H and O–H groups in total. The number of hydrogen-bond donors (Lipinski definition) is 9. The lowest BCUT2D eigenvalue weighted by Gasteiger charge is -2.47. The number of rotatable bonds is 48. The second kappa shape index (κ2) is 56.6. The smallest absolute Gasteiger partial charge is 0.116 e. The number of aliphatic hydroxyl groups is 9. The fraction of sp³-hybridized carbons (Fsp3) is 0.368. The van der Waals surface area contributed by atoms with Crippen LogP contribution in [-0.4, -0.2) is 162 Å². The van der Waals surface area contributed by atoms with Gasteiger partial charge in [-0.15, -0.1) is 70.6 Å². The van der Waals surface area contributed by atoms with E-state index in [1.165, 1.54) is 82.0 Å². The summed E-state index contributed by atoms with van der Waals surface area (Å²) in [5.41, 5.74) is 20.4. The molecule has 15 nitrogen and oxygen atoms in total. The molecule has 0 spiro atoms. The van der Waals surface area contributed by atoms with Crippen LogP contribution in [0.15, 0.2) is 255 Å². The van der Waals surface area contributed by atoms with Gasteiger partial charge in [-0.2, -0.15) is 15.2 Å². The summed E-state index contributed by atoms with van der Waals surface area (Å²) in [6.45, 7) is 24.2. The van der Waals surface area contributed by atoms with Crippen molar-refractivity contribution in [1.82, 2.24) is 15.2 Å². The number of hydrogen-bond acceptors (Lipinski definition) is 27. The van der Waals surface area contributed by atoms with Crippen molar-refractivity contribution in [2.24, 2.45) is 17.8 Å². The molecule has 0 aliphatic heterocycles. The van der Waals surface area contributed by atoms with Gasteiger partial charge >= 0.3 is 0 Å². The van der Waals surface area contributed by atoms with E-state index in [1.54, 1.807) is 70.6 Å². The highest BCUT2D eigenvalue weighted by Crippen LogP contribution is 2.47. The summed E-state index contributed by atoms with van der Waals surface area (Å²) in [6.07, 6.45) is -2.53. The summed E-state index contributed by atoms with van der Waals surface area (Å²) >= 11 is 48.0. The number of hydroxylamine groups is 6. The molecule has 0 bridgehead atoms. The first kappa shape index (κ1) is 116. The van der Waals surface area contributed by atoms with Gasteiger partial charge in [-0.05, 0) is 180 Å². The van der Waals surface area contributed by atoms with Crippen molar-refractivity contribution in [2.45, 2.75) is 191 Å². The zero-order valence-corrected chi connectivity index (χ0v) is 92.8. The summed E-state index contributed by atoms with van der Waals surface area (Å²) in [7, 11) is 0. The van der Waals surface area contributed by atoms with Crippen LogP contribution < -0.4 is 0 Å². The molecule has 11 aromatic carbocycles. The third-order valence-electron chi connectivity index (χ3n) is 25.3. The Balaban J connectivity index is 0.000000291. The van der Waals surface area contributed by atoms with Gasteiger partial charge in [-0.1, -0.05) is 403 Å². The molecule has 0 aliphatic rings. The molecule has 0 saturated heterocycles. The summed E-state index contributed by atoms with van der Waals surface area (Å²) < 4.78 is 5.13. The highest BCUT2D eigenvalue weighted by molar-refractivity contribution is 8.25. The summed E-state index contributed by atoms with van der Waals surface area (Å²) in [5, 5.41) is 103. The standard InChI is InChI=1S/C60H54S12.C54H81N3O12/c1-37-7-19-43(20-8-37)55(61)67-31-49-50(32-68-56(62)44-21-9-38(2)10-22-44)52(34-70-58(64)46-25-13-40(4)14-26-46)54(36-72-60(66)48-29-17-42(6)18-30-48)53(35-71-59(65)47-27-15-41(5)16-28-47)51(49)33-69-57(63)45-23-11-39(3)12-24-45;1-37(2)49(43-19-13-10-14-20-43)55(52(28-58,29-59)30-60)67-40(7)46-25-47(41(8)68-56(53(31-61,32-62)33-63)50(38(3)4)44-21-15-11-16-22-44)27-48(26-46)42(9)69-57(54(34-64,35-65)36-66)51(39(5)6)45-23-17-12-18-24-45/h7-30H,31-36H2,1-6H3;10-27,37-42,49-51,58-66H,28-36H2,1-9H3. The van der Waals surface area contributed by atoms with Crippen molar-refractivity contribution in [3.8, 4) is 0 Å². The molecule has 11 rings (SSSR count). The van der Waals surface area contributed by atoms with Crippen LogP contribution >= 0.6 is 144 Å². The molecular formula is C114H135N3O12S12. The highest BCUT2D eigenvalue weighted by atomic mass is 32.2. The Hall–Kier alpha value is -6.54. The summed E-state index contributed by atoms with van der Waals surface area (Å²) in [5.74, 6) is 3.50. The first-order chi connectivity index (χ1) is 67.6. The average Bonchev–Trinajstić information content (AvgIpc) is 0.729. The maximum absolute atomic E-state index is 10.9.